The van der Waals surface area contributed by atoms with Crippen molar-refractivity contribution < 1.29 is 33.8 Å². The molecule has 0 fully saturated rings. The van der Waals surface area contributed by atoms with Gasteiger partial charge in [-0.2, -0.15) is 0 Å². The van der Waals surface area contributed by atoms with Crippen LogP contribution in [0.3, 0.4) is 0 Å². The molecule has 0 bridgehead atoms. The summed E-state index contributed by atoms with van der Waals surface area (Å²) in [6.07, 6.45) is 0. The van der Waals surface area contributed by atoms with Gasteiger partial charge in [0, 0.05) is 0 Å². The first-order valence-electron chi connectivity index (χ1n) is 6.20. The van der Waals surface area contributed by atoms with Crippen molar-refractivity contribution in [3.05, 3.63) is 34.9 Å². The quantitative estimate of drug-likeness (QED) is 0.559. The molecule has 0 aliphatic heterocycles. The number of carbonyl (C=O) groups is 2. The molecule has 114 valence electrons. The molecule has 0 saturated carbocycles. The fraction of sp³-hybridized carbons (Fsp3) is 0.385. The van der Waals surface area contributed by atoms with Crippen molar-refractivity contribution in [2.75, 3.05) is 13.2 Å². The van der Waals surface area contributed by atoms with Crippen LogP contribution in [0.15, 0.2) is 18.2 Å². The fourth-order valence-corrected chi connectivity index (χ4v) is 2.52. The van der Waals surface area contributed by atoms with Gasteiger partial charge in [-0.1, -0.05) is 4.57 Å². The number of carboxylic acid groups (broad SMARTS) is 2. The van der Waals surface area contributed by atoms with Gasteiger partial charge in [0.05, 0.1) is 29.9 Å². The molecule has 0 radical (unpaired) electrons. The Bertz CT molecular complexity index is 549. The fourth-order valence-electron chi connectivity index (χ4n) is 1.85. The molecule has 1 aromatic carbocycles. The van der Waals surface area contributed by atoms with Crippen LogP contribution in [0.1, 0.15) is 40.1 Å². The summed E-state index contributed by atoms with van der Waals surface area (Å²) in [5, 5.41) is 18.1. The molecule has 0 heterocycles. The average molecular weight is 315 g/mol. The Balaban J connectivity index is 3.46. The van der Waals surface area contributed by atoms with Gasteiger partial charge in [-0.15, -0.1) is 0 Å². The van der Waals surface area contributed by atoms with Gasteiger partial charge in [0.15, 0.2) is 0 Å². The molecular formula is C13H16O7P+. The number of aromatic carboxylic acids is 2. The van der Waals surface area contributed by atoms with E-state index < -0.39 is 31.5 Å². The van der Waals surface area contributed by atoms with Crippen molar-refractivity contribution in [2.45, 2.75) is 19.4 Å². The highest BCUT2D eigenvalue weighted by Gasteiger charge is 2.44. The minimum Gasteiger partial charge on any atom is -0.478 e. The molecule has 21 heavy (non-hydrogen) atoms. The third-order valence-corrected chi connectivity index (χ3v) is 3.54. The first-order valence-corrected chi connectivity index (χ1v) is 7.11. The lowest BCUT2D eigenvalue weighted by Crippen LogP contribution is -2.28. The van der Waals surface area contributed by atoms with Gasteiger partial charge < -0.3 is 19.7 Å². The van der Waals surface area contributed by atoms with Crippen LogP contribution >= 0.6 is 8.46 Å². The largest absolute Gasteiger partial charge is 0.478 e. The van der Waals surface area contributed by atoms with E-state index in [9.17, 15) is 14.2 Å². The van der Waals surface area contributed by atoms with Crippen LogP contribution in [0.2, 0.25) is 0 Å². The van der Waals surface area contributed by atoms with Crippen LogP contribution in [-0.2, 0) is 19.6 Å². The molecule has 1 atom stereocenters. The first-order chi connectivity index (χ1) is 9.91. The second-order valence-corrected chi connectivity index (χ2v) is 4.82. The van der Waals surface area contributed by atoms with Crippen molar-refractivity contribution in [3.63, 3.8) is 0 Å². The SMILES string of the molecule is CCOC(OCC)([PH+]=O)c1ccc(C(=O)O)c(C(=O)O)c1. The highest BCUT2D eigenvalue weighted by Crippen LogP contribution is 2.38. The topological polar surface area (TPSA) is 110 Å². The molecule has 0 saturated heterocycles. The summed E-state index contributed by atoms with van der Waals surface area (Å²) in [5.41, 5.74) is -2.17. The lowest BCUT2D eigenvalue weighted by atomic mass is 10.0. The molecular weight excluding hydrogens is 299 g/mol. The highest BCUT2D eigenvalue weighted by molar-refractivity contribution is 7.24. The first kappa shape index (κ1) is 17.2. The molecule has 0 spiro atoms. The number of hydrogen-bond donors (Lipinski definition) is 2. The maximum absolute atomic E-state index is 11.5. The van der Waals surface area contributed by atoms with E-state index in [1.54, 1.807) is 13.8 Å². The van der Waals surface area contributed by atoms with Gasteiger partial charge in [-0.05, 0) is 32.0 Å². The lowest BCUT2D eigenvalue weighted by molar-refractivity contribution is -0.176. The zero-order valence-electron chi connectivity index (χ0n) is 11.6. The summed E-state index contributed by atoms with van der Waals surface area (Å²) in [4.78, 5) is 22.2. The molecule has 0 aliphatic carbocycles. The molecule has 8 heteroatoms. The molecule has 0 aliphatic rings. The Kier molecular flexibility index (Phi) is 5.96. The van der Waals surface area contributed by atoms with Gasteiger partial charge >= 0.3 is 25.9 Å². The smallest absolute Gasteiger partial charge is 0.400 e. The van der Waals surface area contributed by atoms with Crippen molar-refractivity contribution in [1.29, 1.82) is 0 Å². The number of rotatable bonds is 8. The normalized spacial score (nSPS) is 11.5. The van der Waals surface area contributed by atoms with Gasteiger partial charge in [-0.3, -0.25) is 0 Å². The zero-order chi connectivity index (χ0) is 16.0. The van der Waals surface area contributed by atoms with Crippen LogP contribution in [-0.4, -0.2) is 35.4 Å². The van der Waals surface area contributed by atoms with E-state index in [1.807, 2.05) is 0 Å². The Labute approximate surface area is 122 Å². The van der Waals surface area contributed by atoms with E-state index >= 15 is 0 Å². The third kappa shape index (κ3) is 3.64. The van der Waals surface area contributed by atoms with E-state index in [2.05, 4.69) is 0 Å². The van der Waals surface area contributed by atoms with E-state index in [1.165, 1.54) is 6.07 Å². The Morgan fingerprint density at radius 1 is 1.10 bits per heavy atom. The molecule has 2 N–H and O–H groups in total. The number of benzene rings is 1. The van der Waals surface area contributed by atoms with Crippen molar-refractivity contribution in [1.82, 2.24) is 0 Å². The molecule has 0 aromatic heterocycles. The molecule has 1 aromatic rings. The minimum atomic E-state index is -1.59. The van der Waals surface area contributed by atoms with Gasteiger partial charge in [0.1, 0.15) is 0 Å². The van der Waals surface area contributed by atoms with Crippen LogP contribution in [0, 0.1) is 0 Å². The zero-order valence-corrected chi connectivity index (χ0v) is 12.6. The lowest BCUT2D eigenvalue weighted by Gasteiger charge is -2.21. The third-order valence-electron chi connectivity index (χ3n) is 2.69. The standard InChI is InChI=1S/C13H15O7P/c1-3-19-13(21-18,20-4-2)8-5-6-9(11(14)15)10(7-8)12(16)17/h5-7H,3-4H2,1-2H3,(H,14,15)(H,16,17)/p+1. The summed E-state index contributed by atoms with van der Waals surface area (Å²) < 4.78 is 22.3. The maximum Gasteiger partial charge on any atom is 0.400 e. The summed E-state index contributed by atoms with van der Waals surface area (Å²) in [7, 11) is -1.04. The van der Waals surface area contributed by atoms with E-state index in [0.29, 0.717) is 0 Å². The Hall–Kier alpha value is -1.82. The van der Waals surface area contributed by atoms with E-state index in [0.717, 1.165) is 12.1 Å². The highest BCUT2D eigenvalue weighted by atomic mass is 31.1. The van der Waals surface area contributed by atoms with Crippen molar-refractivity contribution in [2.24, 2.45) is 0 Å². The van der Waals surface area contributed by atoms with Crippen LogP contribution in [0.25, 0.3) is 0 Å². The van der Waals surface area contributed by atoms with Crippen LogP contribution < -0.4 is 0 Å². The average Bonchev–Trinajstić information content (AvgIpc) is 2.46. The van der Waals surface area contributed by atoms with Crippen molar-refractivity contribution >= 4 is 20.4 Å². The molecule has 0 amide bonds. The van der Waals surface area contributed by atoms with Gasteiger partial charge in [0.25, 0.3) is 0 Å². The second kappa shape index (κ2) is 7.26. The second-order valence-electron chi connectivity index (χ2n) is 3.96. The van der Waals surface area contributed by atoms with Crippen LogP contribution in [0.4, 0.5) is 0 Å². The monoisotopic (exact) mass is 315 g/mol. The number of hydrogen-bond acceptors (Lipinski definition) is 5. The number of carboxylic acids is 2. The summed E-state index contributed by atoms with van der Waals surface area (Å²) >= 11 is 0. The predicted octanol–water partition coefficient (Wildman–Crippen LogP) is 2.29. The van der Waals surface area contributed by atoms with Gasteiger partial charge in [-0.25, -0.2) is 9.59 Å². The molecule has 1 rings (SSSR count). The minimum absolute atomic E-state index is 0.193. The maximum atomic E-state index is 11.5. The number of ether oxygens (including phenoxy) is 2. The van der Waals surface area contributed by atoms with Gasteiger partial charge in [0.2, 0.25) is 0 Å². The summed E-state index contributed by atoms with van der Waals surface area (Å²) in [5.74, 6) is -2.76. The molecule has 1 unspecified atom stereocenters. The summed E-state index contributed by atoms with van der Waals surface area (Å²) in [6.45, 7) is 3.74. The van der Waals surface area contributed by atoms with E-state index in [-0.39, 0.29) is 24.3 Å². The Morgan fingerprint density at radius 2 is 1.62 bits per heavy atom. The van der Waals surface area contributed by atoms with Crippen molar-refractivity contribution in [3.8, 4) is 0 Å². The summed E-state index contributed by atoms with van der Waals surface area (Å²) in [6, 6.07) is 3.59. The molecule has 7 nitrogen and oxygen atoms in total. The Morgan fingerprint density at radius 3 is 2.00 bits per heavy atom. The predicted molar refractivity (Wildman–Crippen MR) is 74.3 cm³/mol. The van der Waals surface area contributed by atoms with Crippen LogP contribution in [0.5, 0.6) is 0 Å². The van der Waals surface area contributed by atoms with E-state index in [4.69, 9.17) is 19.7 Å².